The smallest absolute Gasteiger partial charge is 0.193 e. The van der Waals surface area contributed by atoms with Gasteiger partial charge in [-0.25, -0.2) is 0 Å². The average Bonchev–Trinajstić information content (AvgIpc) is 3.04. The normalized spacial score (nSPS) is 10.5. The fourth-order valence-electron chi connectivity index (χ4n) is 4.16. The van der Waals surface area contributed by atoms with E-state index in [0.717, 1.165) is 0 Å². The van der Waals surface area contributed by atoms with Gasteiger partial charge in [0, 0.05) is 33.4 Å². The molecule has 0 aliphatic heterocycles. The van der Waals surface area contributed by atoms with Crippen molar-refractivity contribution in [3.8, 4) is 23.0 Å². The van der Waals surface area contributed by atoms with Crippen molar-refractivity contribution in [2.24, 2.45) is 0 Å². The Morgan fingerprint density at radius 3 is 0.927 bits per heavy atom. The molecule has 0 radical (unpaired) electrons. The third-order valence-electron chi connectivity index (χ3n) is 6.44. The molecule has 0 N–H and O–H groups in total. The van der Waals surface area contributed by atoms with E-state index in [1.54, 1.807) is 151 Å². The van der Waals surface area contributed by atoms with Gasteiger partial charge in [-0.3, -0.25) is 14.4 Å². The molecule has 0 atom stereocenters. The minimum absolute atomic E-state index is 0.0995. The third-order valence-corrected chi connectivity index (χ3v) is 6.94. The number of hydrogen-bond acceptors (Lipinski definition) is 6. The number of ketones is 3. The number of carbonyl (C=O) groups is 3. The lowest BCUT2D eigenvalue weighted by atomic mass is 9.98. The van der Waals surface area contributed by atoms with Crippen LogP contribution in [-0.4, -0.2) is 24.5 Å². The molecule has 0 aromatic heterocycles. The number of hydrogen-bond donors (Lipinski definition) is 0. The summed E-state index contributed by atoms with van der Waals surface area (Å²) >= 11 is 1.79. The number of benzene rings is 5. The van der Waals surface area contributed by atoms with E-state index in [0.29, 0.717) is 56.4 Å². The lowest BCUT2D eigenvalue weighted by Crippen LogP contribution is -2.04. The highest BCUT2D eigenvalue weighted by molar-refractivity contribution is 14.1. The van der Waals surface area contributed by atoms with Gasteiger partial charge in [0.15, 0.2) is 40.4 Å². The Morgan fingerprint density at radius 1 is 0.415 bits per heavy atom. The van der Waals surface area contributed by atoms with Crippen LogP contribution in [0.15, 0.2) is 121 Å². The van der Waals surface area contributed by atoms with Gasteiger partial charge in [0.1, 0.15) is 23.0 Å². The fraction of sp³-hybridized carbons (Fsp3) is 0.0294. The van der Waals surface area contributed by atoms with Crippen LogP contribution in [0.25, 0.3) is 0 Å². The monoisotopic (exact) mass is 654 g/mol. The molecule has 0 amide bonds. The molecule has 0 unspecified atom stereocenters. The zero-order valence-corrected chi connectivity index (χ0v) is 24.0. The van der Waals surface area contributed by atoms with Gasteiger partial charge in [0.2, 0.25) is 0 Å². The molecule has 0 saturated heterocycles. The second-order valence-electron chi connectivity index (χ2n) is 9.05. The first-order chi connectivity index (χ1) is 19.9. The van der Waals surface area contributed by atoms with Crippen LogP contribution in [0.3, 0.4) is 0 Å². The van der Waals surface area contributed by atoms with E-state index in [2.05, 4.69) is 0 Å². The van der Waals surface area contributed by atoms with E-state index in [9.17, 15) is 14.4 Å². The Kier molecular flexibility index (Phi) is 8.55. The Hall–Kier alpha value is -4.76. The summed E-state index contributed by atoms with van der Waals surface area (Å²) in [6, 6.07) is 34.1. The van der Waals surface area contributed by atoms with Crippen molar-refractivity contribution in [3.05, 3.63) is 155 Å². The van der Waals surface area contributed by atoms with Crippen molar-refractivity contribution in [3.63, 3.8) is 0 Å². The molecule has 5 aromatic carbocycles. The number of ether oxygens (including phenoxy) is 2. The SMILES string of the molecule is COc1ccc(C(=O)c2ccc(C(=O)c3ccc(Oc4ccc(C(=O)c5ccc(OI)cc5)cc4)cc3)cc2)cc1. The highest BCUT2D eigenvalue weighted by Gasteiger charge is 2.14. The van der Waals surface area contributed by atoms with Gasteiger partial charge < -0.3 is 12.5 Å². The third kappa shape index (κ3) is 6.53. The number of carbonyl (C=O) groups excluding carboxylic acids is 3. The summed E-state index contributed by atoms with van der Waals surface area (Å²) in [7, 11) is 1.57. The maximum atomic E-state index is 13.0. The van der Waals surface area contributed by atoms with Crippen LogP contribution in [0.1, 0.15) is 47.8 Å². The Morgan fingerprint density at radius 2 is 0.659 bits per heavy atom. The first-order valence-electron chi connectivity index (χ1n) is 12.6. The van der Waals surface area contributed by atoms with E-state index < -0.39 is 0 Å². The summed E-state index contributed by atoms with van der Waals surface area (Å²) in [6.45, 7) is 0. The van der Waals surface area contributed by atoms with Gasteiger partial charge in [-0.1, -0.05) is 24.3 Å². The quantitative estimate of drug-likeness (QED) is 0.113. The van der Waals surface area contributed by atoms with Crippen LogP contribution in [0, 0.1) is 0 Å². The molecular weight excluding hydrogens is 631 g/mol. The minimum Gasteiger partial charge on any atom is -0.497 e. The summed E-state index contributed by atoms with van der Waals surface area (Å²) < 4.78 is 16.1. The van der Waals surface area contributed by atoms with Gasteiger partial charge in [-0.2, -0.15) is 0 Å². The summed E-state index contributed by atoms with van der Waals surface area (Å²) in [5, 5.41) is 0. The standard InChI is InChI=1S/C34H23IO6/c1-39-28-14-6-24(7-15-28)32(36)22-2-4-23(5-3-22)33(37)25-8-16-29(17-9-25)40-30-18-10-26(11-19-30)34(38)27-12-20-31(41-35)21-13-27/h2-21H,1H3. The molecule has 6 nitrogen and oxygen atoms in total. The molecular formula is C34H23IO6. The summed E-state index contributed by atoms with van der Waals surface area (Å²) in [6.07, 6.45) is 0. The lowest BCUT2D eigenvalue weighted by molar-refractivity contribution is 0.102. The summed E-state index contributed by atoms with van der Waals surface area (Å²) in [5.41, 5.74) is 3.10. The maximum Gasteiger partial charge on any atom is 0.193 e. The van der Waals surface area contributed by atoms with Gasteiger partial charge >= 0.3 is 0 Å². The van der Waals surface area contributed by atoms with E-state index in [-0.39, 0.29) is 17.3 Å². The van der Waals surface area contributed by atoms with Crippen molar-refractivity contribution in [1.29, 1.82) is 0 Å². The van der Waals surface area contributed by atoms with Gasteiger partial charge in [0.25, 0.3) is 0 Å². The number of rotatable bonds is 10. The molecule has 0 saturated carbocycles. The zero-order chi connectivity index (χ0) is 28.8. The topological polar surface area (TPSA) is 78.9 Å². The van der Waals surface area contributed by atoms with E-state index in [4.69, 9.17) is 12.5 Å². The molecule has 5 aromatic rings. The van der Waals surface area contributed by atoms with Crippen LogP contribution in [0.2, 0.25) is 0 Å². The molecule has 5 rings (SSSR count). The first-order valence-corrected chi connectivity index (χ1v) is 13.5. The van der Waals surface area contributed by atoms with Crippen LogP contribution < -0.4 is 12.5 Å². The average molecular weight is 654 g/mol. The molecule has 0 spiro atoms. The molecule has 0 fully saturated rings. The van der Waals surface area contributed by atoms with Crippen molar-refractivity contribution >= 4 is 40.4 Å². The fourth-order valence-corrected chi connectivity index (χ4v) is 4.45. The van der Waals surface area contributed by atoms with E-state index in [1.165, 1.54) is 0 Å². The van der Waals surface area contributed by atoms with E-state index >= 15 is 0 Å². The second kappa shape index (κ2) is 12.6. The van der Waals surface area contributed by atoms with Crippen LogP contribution in [0.5, 0.6) is 23.0 Å². The van der Waals surface area contributed by atoms with Gasteiger partial charge in [0.05, 0.1) is 7.11 Å². The number of halogens is 1. The van der Waals surface area contributed by atoms with Crippen molar-refractivity contribution in [2.75, 3.05) is 7.11 Å². The van der Waals surface area contributed by atoms with Crippen LogP contribution in [0.4, 0.5) is 0 Å². The Labute approximate surface area is 251 Å². The highest BCUT2D eigenvalue weighted by Crippen LogP contribution is 2.25. The van der Waals surface area contributed by atoms with E-state index in [1.807, 2.05) is 0 Å². The maximum absolute atomic E-state index is 13.0. The molecule has 0 aliphatic rings. The lowest BCUT2D eigenvalue weighted by Gasteiger charge is -2.08. The van der Waals surface area contributed by atoms with Crippen molar-refractivity contribution in [1.82, 2.24) is 0 Å². The largest absolute Gasteiger partial charge is 0.497 e. The van der Waals surface area contributed by atoms with Gasteiger partial charge in [-0.15, -0.1) is 0 Å². The van der Waals surface area contributed by atoms with Crippen LogP contribution in [-0.2, 0) is 0 Å². The highest BCUT2D eigenvalue weighted by atomic mass is 127. The molecule has 0 bridgehead atoms. The number of methoxy groups -OCH3 is 1. The van der Waals surface area contributed by atoms with Gasteiger partial charge in [-0.05, 0) is 97.1 Å². The van der Waals surface area contributed by atoms with Crippen molar-refractivity contribution < 1.29 is 26.9 Å². The Bertz CT molecular complexity index is 1670. The minimum atomic E-state index is -0.166. The van der Waals surface area contributed by atoms with Crippen LogP contribution >= 0.6 is 23.0 Å². The second-order valence-corrected chi connectivity index (χ2v) is 9.49. The molecule has 202 valence electrons. The molecule has 41 heavy (non-hydrogen) atoms. The predicted molar refractivity (Wildman–Crippen MR) is 164 cm³/mol. The first kappa shape index (κ1) is 27.8. The molecule has 0 aliphatic carbocycles. The van der Waals surface area contributed by atoms with Crippen molar-refractivity contribution in [2.45, 2.75) is 0 Å². The summed E-state index contributed by atoms with van der Waals surface area (Å²) in [5.74, 6) is 2.06. The molecule has 0 heterocycles. The zero-order valence-electron chi connectivity index (χ0n) is 21.9. The predicted octanol–water partition coefficient (Wildman–Crippen LogP) is 7.91. The summed E-state index contributed by atoms with van der Waals surface area (Å²) in [4.78, 5) is 38.5. The Balaban J connectivity index is 1.21. The molecule has 7 heteroatoms.